The minimum Gasteiger partial charge on any atom is -0.480 e. The fourth-order valence-corrected chi connectivity index (χ4v) is 1.96. The maximum atomic E-state index is 10.8. The molecule has 1 aliphatic carbocycles. The molecule has 0 spiro atoms. The first-order valence-electron chi connectivity index (χ1n) is 5.33. The monoisotopic (exact) mass is 201 g/mol. The van der Waals surface area contributed by atoms with Crippen molar-refractivity contribution >= 4 is 5.97 Å². The molecule has 1 fully saturated rings. The van der Waals surface area contributed by atoms with Crippen molar-refractivity contribution in [3.8, 4) is 0 Å². The molecule has 1 atom stereocenters. The molecular weight excluding hydrogens is 182 g/mol. The van der Waals surface area contributed by atoms with Gasteiger partial charge in [0.2, 0.25) is 0 Å². The van der Waals surface area contributed by atoms with Crippen LogP contribution in [0.5, 0.6) is 0 Å². The Bertz CT molecular complexity index is 178. The second-order valence-corrected chi connectivity index (χ2v) is 3.90. The Hall–Kier alpha value is -0.610. The van der Waals surface area contributed by atoms with E-state index in [0.29, 0.717) is 12.5 Å². The molecule has 0 saturated heterocycles. The van der Waals surface area contributed by atoms with Gasteiger partial charge in [-0.1, -0.05) is 19.3 Å². The first-order chi connectivity index (χ1) is 6.74. The van der Waals surface area contributed by atoms with Crippen molar-refractivity contribution in [3.05, 3.63) is 0 Å². The number of carboxylic acid groups (broad SMARTS) is 1. The summed E-state index contributed by atoms with van der Waals surface area (Å²) in [4.78, 5) is 10.8. The lowest BCUT2D eigenvalue weighted by molar-refractivity contribution is -0.140. The maximum absolute atomic E-state index is 10.8. The molecule has 1 unspecified atom stereocenters. The van der Waals surface area contributed by atoms with E-state index in [1.54, 1.807) is 0 Å². The van der Waals surface area contributed by atoms with Crippen LogP contribution in [0.25, 0.3) is 0 Å². The van der Waals surface area contributed by atoms with Gasteiger partial charge in [0.25, 0.3) is 0 Å². The maximum Gasteiger partial charge on any atom is 0.320 e. The highest BCUT2D eigenvalue weighted by molar-refractivity contribution is 5.73. The van der Waals surface area contributed by atoms with E-state index >= 15 is 0 Å². The van der Waals surface area contributed by atoms with E-state index in [-0.39, 0.29) is 6.61 Å². The van der Waals surface area contributed by atoms with Crippen LogP contribution >= 0.6 is 0 Å². The molecule has 1 rings (SSSR count). The summed E-state index contributed by atoms with van der Waals surface area (Å²) in [5, 5.41) is 20.7. The molecule has 0 bridgehead atoms. The van der Waals surface area contributed by atoms with Crippen LogP contribution in [0.4, 0.5) is 0 Å². The third-order valence-electron chi connectivity index (χ3n) is 2.76. The second kappa shape index (κ2) is 5.98. The van der Waals surface area contributed by atoms with Gasteiger partial charge in [0, 0.05) is 12.6 Å². The lowest BCUT2D eigenvalue weighted by Crippen LogP contribution is -2.44. The van der Waals surface area contributed by atoms with E-state index in [9.17, 15) is 4.79 Å². The molecule has 0 aromatic heterocycles. The fraction of sp³-hybridized carbons (Fsp3) is 0.900. The van der Waals surface area contributed by atoms with Gasteiger partial charge in [-0.2, -0.15) is 0 Å². The normalized spacial score (nSPS) is 20.6. The highest BCUT2D eigenvalue weighted by atomic mass is 16.4. The summed E-state index contributed by atoms with van der Waals surface area (Å²) in [5.41, 5.74) is 0. The quantitative estimate of drug-likeness (QED) is 0.613. The van der Waals surface area contributed by atoms with E-state index in [4.69, 9.17) is 10.2 Å². The SMILES string of the molecule is O=C(O)C(CCO)NC1CCCCC1. The van der Waals surface area contributed by atoms with Crippen molar-refractivity contribution in [3.63, 3.8) is 0 Å². The lowest BCUT2D eigenvalue weighted by Gasteiger charge is -2.26. The number of hydrogen-bond acceptors (Lipinski definition) is 3. The predicted molar refractivity (Wildman–Crippen MR) is 53.1 cm³/mol. The molecule has 4 heteroatoms. The number of aliphatic hydroxyl groups is 1. The van der Waals surface area contributed by atoms with Gasteiger partial charge in [0.1, 0.15) is 6.04 Å². The molecular formula is C10H19NO3. The van der Waals surface area contributed by atoms with E-state index < -0.39 is 12.0 Å². The summed E-state index contributed by atoms with van der Waals surface area (Å²) in [7, 11) is 0. The predicted octanol–water partition coefficient (Wildman–Crippen LogP) is 0.744. The van der Waals surface area contributed by atoms with E-state index in [1.807, 2.05) is 0 Å². The van der Waals surface area contributed by atoms with Crippen molar-refractivity contribution in [1.29, 1.82) is 0 Å². The van der Waals surface area contributed by atoms with Crippen LogP contribution in [0.3, 0.4) is 0 Å². The number of hydrogen-bond donors (Lipinski definition) is 3. The van der Waals surface area contributed by atoms with E-state index in [2.05, 4.69) is 5.32 Å². The number of nitrogens with one attached hydrogen (secondary N) is 1. The molecule has 3 N–H and O–H groups in total. The van der Waals surface area contributed by atoms with Gasteiger partial charge in [-0.15, -0.1) is 0 Å². The average molecular weight is 201 g/mol. The van der Waals surface area contributed by atoms with Crippen LogP contribution in [0, 0.1) is 0 Å². The van der Waals surface area contributed by atoms with Crippen LogP contribution in [0.2, 0.25) is 0 Å². The summed E-state index contributed by atoms with van der Waals surface area (Å²) in [6.07, 6.45) is 6.05. The van der Waals surface area contributed by atoms with Crippen LogP contribution in [-0.4, -0.2) is 34.9 Å². The van der Waals surface area contributed by atoms with E-state index in [0.717, 1.165) is 12.8 Å². The molecule has 0 aliphatic heterocycles. The van der Waals surface area contributed by atoms with Gasteiger partial charge >= 0.3 is 5.97 Å². The Labute approximate surface area is 84.3 Å². The molecule has 82 valence electrons. The first-order valence-corrected chi connectivity index (χ1v) is 5.33. The third kappa shape index (κ3) is 3.64. The summed E-state index contributed by atoms with van der Waals surface area (Å²) in [6.45, 7) is -0.0727. The van der Waals surface area contributed by atoms with Gasteiger partial charge in [0.05, 0.1) is 0 Å². The van der Waals surface area contributed by atoms with Crippen molar-refractivity contribution < 1.29 is 15.0 Å². The summed E-state index contributed by atoms with van der Waals surface area (Å²) in [6, 6.07) is -0.250. The van der Waals surface area contributed by atoms with Crippen molar-refractivity contribution in [2.24, 2.45) is 0 Å². The summed E-state index contributed by atoms with van der Waals surface area (Å²) < 4.78 is 0. The summed E-state index contributed by atoms with van der Waals surface area (Å²) >= 11 is 0. The van der Waals surface area contributed by atoms with Gasteiger partial charge in [-0.25, -0.2) is 0 Å². The summed E-state index contributed by atoms with van der Waals surface area (Å²) in [5.74, 6) is -0.857. The molecule has 1 saturated carbocycles. The van der Waals surface area contributed by atoms with Crippen molar-refractivity contribution in [2.75, 3.05) is 6.61 Å². The van der Waals surface area contributed by atoms with Gasteiger partial charge in [0.15, 0.2) is 0 Å². The Kier molecular flexibility index (Phi) is 4.90. The van der Waals surface area contributed by atoms with Gasteiger partial charge < -0.3 is 15.5 Å². The standard InChI is InChI=1S/C10H19NO3/c12-7-6-9(10(13)14)11-8-4-2-1-3-5-8/h8-9,11-12H,1-7H2,(H,13,14). The van der Waals surface area contributed by atoms with Crippen LogP contribution < -0.4 is 5.32 Å². The second-order valence-electron chi connectivity index (χ2n) is 3.90. The molecule has 0 amide bonds. The number of carboxylic acids is 1. The number of aliphatic hydroxyl groups excluding tert-OH is 1. The Morgan fingerprint density at radius 1 is 1.36 bits per heavy atom. The van der Waals surface area contributed by atoms with E-state index in [1.165, 1.54) is 19.3 Å². The minimum atomic E-state index is -0.857. The molecule has 14 heavy (non-hydrogen) atoms. The largest absolute Gasteiger partial charge is 0.480 e. The van der Waals surface area contributed by atoms with Crippen LogP contribution in [0.15, 0.2) is 0 Å². The number of aliphatic carboxylic acids is 1. The zero-order valence-electron chi connectivity index (χ0n) is 8.41. The van der Waals surface area contributed by atoms with Crippen molar-refractivity contribution in [1.82, 2.24) is 5.32 Å². The first kappa shape index (κ1) is 11.5. The van der Waals surface area contributed by atoms with Crippen molar-refractivity contribution in [2.45, 2.75) is 50.6 Å². The fourth-order valence-electron chi connectivity index (χ4n) is 1.96. The number of carbonyl (C=O) groups is 1. The number of rotatable bonds is 5. The minimum absolute atomic E-state index is 0.0727. The van der Waals surface area contributed by atoms with Crippen LogP contribution in [-0.2, 0) is 4.79 Å². The molecule has 4 nitrogen and oxygen atoms in total. The molecule has 1 aliphatic rings. The van der Waals surface area contributed by atoms with Gasteiger partial charge in [-0.05, 0) is 19.3 Å². The Morgan fingerprint density at radius 2 is 2.00 bits per heavy atom. The molecule has 0 aromatic rings. The van der Waals surface area contributed by atoms with Crippen LogP contribution in [0.1, 0.15) is 38.5 Å². The lowest BCUT2D eigenvalue weighted by atomic mass is 9.94. The molecule has 0 radical (unpaired) electrons. The smallest absolute Gasteiger partial charge is 0.320 e. The zero-order valence-corrected chi connectivity index (χ0v) is 8.41. The average Bonchev–Trinajstić information content (AvgIpc) is 2.18. The van der Waals surface area contributed by atoms with Gasteiger partial charge in [-0.3, -0.25) is 4.79 Å². The topological polar surface area (TPSA) is 69.6 Å². The Balaban J connectivity index is 2.33. The highest BCUT2D eigenvalue weighted by Gasteiger charge is 2.21. The third-order valence-corrected chi connectivity index (χ3v) is 2.76. The molecule has 0 heterocycles. The zero-order chi connectivity index (χ0) is 10.4. The Morgan fingerprint density at radius 3 is 2.50 bits per heavy atom. The molecule has 0 aromatic carbocycles. The highest BCUT2D eigenvalue weighted by Crippen LogP contribution is 2.18.